The van der Waals surface area contributed by atoms with Gasteiger partial charge in [0.05, 0.1) is 12.3 Å². The van der Waals surface area contributed by atoms with Crippen LogP contribution in [0.25, 0.3) is 0 Å². The van der Waals surface area contributed by atoms with Gasteiger partial charge in [-0.05, 0) is 43.3 Å². The monoisotopic (exact) mass is 264 g/mol. The van der Waals surface area contributed by atoms with Gasteiger partial charge in [-0.15, -0.1) is 0 Å². The number of anilines is 1. The van der Waals surface area contributed by atoms with Gasteiger partial charge in [0.15, 0.2) is 0 Å². The van der Waals surface area contributed by atoms with Gasteiger partial charge in [0.25, 0.3) is 0 Å². The third kappa shape index (κ3) is 3.13. The molecular weight excluding hydrogens is 251 g/mol. The fourth-order valence-corrected chi connectivity index (χ4v) is 2.15. The number of benzene rings is 1. The van der Waals surface area contributed by atoms with E-state index in [0.717, 1.165) is 9.92 Å². The maximum absolute atomic E-state index is 12.8. The Morgan fingerprint density at radius 1 is 1.22 bits per heavy atom. The van der Waals surface area contributed by atoms with Crippen LogP contribution in [0, 0.1) is 5.82 Å². The van der Waals surface area contributed by atoms with Crippen molar-refractivity contribution in [2.24, 2.45) is 0 Å². The molecule has 0 aliphatic rings. The molecule has 0 amide bonds. The quantitative estimate of drug-likeness (QED) is 0.920. The molecule has 0 bridgehead atoms. The van der Waals surface area contributed by atoms with Gasteiger partial charge in [-0.2, -0.15) is 0 Å². The van der Waals surface area contributed by atoms with Gasteiger partial charge in [-0.3, -0.25) is 0 Å². The minimum absolute atomic E-state index is 0.250. The highest BCUT2D eigenvalue weighted by atomic mass is 32.2. The van der Waals surface area contributed by atoms with Crippen LogP contribution in [0.1, 0.15) is 6.92 Å². The number of halogens is 1. The molecule has 0 aliphatic heterocycles. The molecule has 0 saturated heterocycles. The number of hydrogen-bond donors (Lipinski definition) is 1. The van der Waals surface area contributed by atoms with Crippen molar-refractivity contribution in [1.29, 1.82) is 0 Å². The molecule has 0 saturated carbocycles. The van der Waals surface area contributed by atoms with E-state index < -0.39 is 0 Å². The first-order valence-electron chi connectivity index (χ1n) is 5.52. The van der Waals surface area contributed by atoms with Crippen LogP contribution < -0.4 is 10.5 Å². The van der Waals surface area contributed by atoms with Crippen LogP contribution in [0.2, 0.25) is 0 Å². The number of hydrogen-bond acceptors (Lipinski definition) is 4. The summed E-state index contributed by atoms with van der Waals surface area (Å²) < 4.78 is 18.1. The fraction of sp³-hybridized carbons (Fsp3) is 0.154. The lowest BCUT2D eigenvalue weighted by atomic mass is 10.4. The van der Waals surface area contributed by atoms with E-state index in [-0.39, 0.29) is 5.82 Å². The Morgan fingerprint density at radius 3 is 2.61 bits per heavy atom. The van der Waals surface area contributed by atoms with E-state index >= 15 is 0 Å². The molecule has 0 aliphatic carbocycles. The smallest absolute Gasteiger partial charge is 0.238 e. The van der Waals surface area contributed by atoms with E-state index in [4.69, 9.17) is 10.5 Å². The maximum Gasteiger partial charge on any atom is 0.238 e. The molecule has 0 spiro atoms. The number of aromatic nitrogens is 1. The molecular formula is C13H13FN2OS. The Labute approximate surface area is 109 Å². The first-order chi connectivity index (χ1) is 8.69. The number of nitrogens with zero attached hydrogens (tertiary/aromatic N) is 1. The van der Waals surface area contributed by atoms with Crippen LogP contribution in [0.5, 0.6) is 5.88 Å². The largest absolute Gasteiger partial charge is 0.476 e. The van der Waals surface area contributed by atoms with Gasteiger partial charge in [-0.1, -0.05) is 11.8 Å². The van der Waals surface area contributed by atoms with Gasteiger partial charge in [0, 0.05) is 4.90 Å². The lowest BCUT2D eigenvalue weighted by Gasteiger charge is -2.07. The van der Waals surface area contributed by atoms with Gasteiger partial charge in [-0.25, -0.2) is 9.37 Å². The lowest BCUT2D eigenvalue weighted by molar-refractivity contribution is 0.326. The van der Waals surface area contributed by atoms with E-state index in [9.17, 15) is 4.39 Å². The Morgan fingerprint density at radius 2 is 1.94 bits per heavy atom. The van der Waals surface area contributed by atoms with Crippen LogP contribution in [0.4, 0.5) is 10.1 Å². The highest BCUT2D eigenvalue weighted by molar-refractivity contribution is 7.99. The predicted molar refractivity (Wildman–Crippen MR) is 70.3 cm³/mol. The summed E-state index contributed by atoms with van der Waals surface area (Å²) >= 11 is 1.43. The van der Waals surface area contributed by atoms with Crippen molar-refractivity contribution < 1.29 is 9.13 Å². The second kappa shape index (κ2) is 5.73. The zero-order valence-corrected chi connectivity index (χ0v) is 10.7. The lowest BCUT2D eigenvalue weighted by Crippen LogP contribution is -1.99. The van der Waals surface area contributed by atoms with Crippen LogP contribution >= 0.6 is 11.8 Å². The predicted octanol–water partition coefficient (Wildman–Crippen LogP) is 3.35. The second-order valence-electron chi connectivity index (χ2n) is 3.53. The van der Waals surface area contributed by atoms with Crippen molar-refractivity contribution in [3.63, 3.8) is 0 Å². The standard InChI is InChI=1S/C13H13FN2OS/c1-2-17-13-11(15)7-8-12(16-13)18-10-5-3-9(14)4-6-10/h3-8H,2,15H2,1H3. The van der Waals surface area contributed by atoms with Crippen molar-refractivity contribution in [2.75, 3.05) is 12.3 Å². The molecule has 3 nitrogen and oxygen atoms in total. The molecule has 0 unspecified atom stereocenters. The van der Waals surface area contributed by atoms with E-state index in [1.54, 1.807) is 18.2 Å². The molecule has 0 radical (unpaired) electrons. The average Bonchev–Trinajstić information content (AvgIpc) is 2.37. The van der Waals surface area contributed by atoms with Crippen molar-refractivity contribution in [2.45, 2.75) is 16.8 Å². The van der Waals surface area contributed by atoms with Gasteiger partial charge >= 0.3 is 0 Å². The molecule has 94 valence electrons. The van der Waals surface area contributed by atoms with Crippen molar-refractivity contribution in [3.05, 3.63) is 42.2 Å². The molecule has 1 heterocycles. The van der Waals surface area contributed by atoms with Gasteiger partial charge in [0.1, 0.15) is 10.8 Å². The Hall–Kier alpha value is -1.75. The number of nitrogens with two attached hydrogens (primary N) is 1. The number of pyridine rings is 1. The first kappa shape index (κ1) is 12.7. The SMILES string of the molecule is CCOc1nc(Sc2ccc(F)cc2)ccc1N. The second-order valence-corrected chi connectivity index (χ2v) is 4.63. The van der Waals surface area contributed by atoms with E-state index in [2.05, 4.69) is 4.98 Å². The van der Waals surface area contributed by atoms with Crippen molar-refractivity contribution >= 4 is 17.4 Å². The summed E-state index contributed by atoms with van der Waals surface area (Å²) in [7, 11) is 0. The molecule has 2 N–H and O–H groups in total. The van der Waals surface area contributed by atoms with Crippen LogP contribution in [0.3, 0.4) is 0 Å². The summed E-state index contributed by atoms with van der Waals surface area (Å²) in [6, 6.07) is 9.82. The summed E-state index contributed by atoms with van der Waals surface area (Å²) in [6.45, 7) is 2.39. The highest BCUT2D eigenvalue weighted by Crippen LogP contribution is 2.29. The van der Waals surface area contributed by atoms with Gasteiger partial charge < -0.3 is 10.5 Å². The van der Waals surface area contributed by atoms with E-state index in [1.165, 1.54) is 23.9 Å². The summed E-state index contributed by atoms with van der Waals surface area (Å²) in [4.78, 5) is 5.21. The molecule has 1 aromatic heterocycles. The molecule has 2 aromatic rings. The van der Waals surface area contributed by atoms with E-state index in [1.807, 2.05) is 13.0 Å². The zero-order valence-electron chi connectivity index (χ0n) is 9.89. The molecule has 5 heteroatoms. The zero-order chi connectivity index (χ0) is 13.0. The van der Waals surface area contributed by atoms with Crippen molar-refractivity contribution in [1.82, 2.24) is 4.98 Å². The third-order valence-electron chi connectivity index (χ3n) is 2.18. The summed E-state index contributed by atoms with van der Waals surface area (Å²) in [5, 5.41) is 0.763. The Kier molecular flexibility index (Phi) is 4.04. The van der Waals surface area contributed by atoms with E-state index in [0.29, 0.717) is 18.2 Å². The Balaban J connectivity index is 2.18. The Bertz CT molecular complexity index is 531. The minimum Gasteiger partial charge on any atom is -0.476 e. The number of ether oxygens (including phenoxy) is 1. The molecule has 1 aromatic carbocycles. The fourth-order valence-electron chi connectivity index (χ4n) is 1.37. The average molecular weight is 264 g/mol. The summed E-state index contributed by atoms with van der Waals surface area (Å²) in [5.74, 6) is 0.184. The molecule has 0 fully saturated rings. The topological polar surface area (TPSA) is 48.1 Å². The van der Waals surface area contributed by atoms with Crippen LogP contribution in [-0.4, -0.2) is 11.6 Å². The first-order valence-corrected chi connectivity index (χ1v) is 6.33. The molecule has 18 heavy (non-hydrogen) atoms. The highest BCUT2D eigenvalue weighted by Gasteiger charge is 2.05. The third-order valence-corrected chi connectivity index (χ3v) is 3.13. The minimum atomic E-state index is -0.250. The number of rotatable bonds is 4. The summed E-state index contributed by atoms with van der Waals surface area (Å²) in [5.41, 5.74) is 6.26. The molecule has 2 rings (SSSR count). The molecule has 0 atom stereocenters. The number of nitrogen functional groups attached to an aromatic ring is 1. The van der Waals surface area contributed by atoms with Gasteiger partial charge in [0.2, 0.25) is 5.88 Å². The maximum atomic E-state index is 12.8. The normalized spacial score (nSPS) is 10.3. The van der Waals surface area contributed by atoms with Crippen LogP contribution in [0.15, 0.2) is 46.3 Å². The van der Waals surface area contributed by atoms with Crippen LogP contribution in [-0.2, 0) is 0 Å². The van der Waals surface area contributed by atoms with Crippen molar-refractivity contribution in [3.8, 4) is 5.88 Å². The summed E-state index contributed by atoms with van der Waals surface area (Å²) in [6.07, 6.45) is 0.